The molecule has 0 aromatic carbocycles. The highest BCUT2D eigenvalue weighted by Gasteiger charge is 2.28. The molecule has 6 nitrogen and oxygen atoms in total. The predicted octanol–water partition coefficient (Wildman–Crippen LogP) is 18.9. The maximum atomic E-state index is 12.6. The average molecular weight is 999 g/mol. The summed E-state index contributed by atoms with van der Waals surface area (Å²) in [7, 11) is 0. The number of hydrogen-bond donors (Lipinski definition) is 5. The average Bonchev–Trinajstić information content (AvgIpc) is 3.38. The fraction of sp³-hybridized carbons (Fsp3) is 0.862. The van der Waals surface area contributed by atoms with Crippen molar-refractivity contribution in [2.75, 3.05) is 6.61 Å². The van der Waals surface area contributed by atoms with Gasteiger partial charge in [0.05, 0.1) is 18.8 Å². The topological polar surface area (TPSA) is 110 Å². The summed E-state index contributed by atoms with van der Waals surface area (Å²) in [6.45, 7) is 4.08. The second kappa shape index (κ2) is 59.2. The van der Waals surface area contributed by atoms with Crippen molar-refractivity contribution >= 4 is 5.91 Å². The van der Waals surface area contributed by atoms with Crippen LogP contribution in [0.5, 0.6) is 0 Å². The zero-order valence-electron chi connectivity index (χ0n) is 47.5. The molecule has 0 aromatic rings. The highest BCUT2D eigenvalue weighted by molar-refractivity contribution is 5.80. The Hall–Kier alpha value is -1.73. The second-order valence-corrected chi connectivity index (χ2v) is 21.7. The van der Waals surface area contributed by atoms with Gasteiger partial charge in [-0.2, -0.15) is 0 Å². The monoisotopic (exact) mass is 998 g/mol. The zero-order chi connectivity index (χ0) is 51.6. The summed E-state index contributed by atoms with van der Waals surface area (Å²) < 4.78 is 0. The molecule has 0 spiro atoms. The van der Waals surface area contributed by atoms with Gasteiger partial charge < -0.3 is 25.7 Å². The largest absolute Gasteiger partial charge is 0.394 e. The molecular formula is C65H123NO5. The molecule has 0 heterocycles. The molecule has 0 saturated carbocycles. The van der Waals surface area contributed by atoms with Crippen molar-refractivity contribution in [1.82, 2.24) is 5.32 Å². The molecule has 0 radical (unpaired) electrons. The Labute approximate surface area is 442 Å². The molecule has 71 heavy (non-hydrogen) atoms. The first kappa shape index (κ1) is 69.3. The van der Waals surface area contributed by atoms with Crippen LogP contribution in [0.25, 0.3) is 0 Å². The van der Waals surface area contributed by atoms with Crippen LogP contribution in [0, 0.1) is 0 Å². The third kappa shape index (κ3) is 52.9. The van der Waals surface area contributed by atoms with Crippen LogP contribution in [-0.4, -0.2) is 57.3 Å². The first-order valence-electron chi connectivity index (χ1n) is 31.5. The van der Waals surface area contributed by atoms with Crippen molar-refractivity contribution in [2.45, 2.75) is 353 Å². The van der Waals surface area contributed by atoms with E-state index in [0.29, 0.717) is 19.3 Å². The van der Waals surface area contributed by atoms with Gasteiger partial charge in [0.2, 0.25) is 5.91 Å². The predicted molar refractivity (Wildman–Crippen MR) is 311 cm³/mol. The Morgan fingerprint density at radius 1 is 0.338 bits per heavy atom. The van der Waals surface area contributed by atoms with E-state index in [0.717, 1.165) is 51.4 Å². The number of nitrogens with one attached hydrogen (secondary N) is 1. The van der Waals surface area contributed by atoms with Gasteiger partial charge in [-0.1, -0.05) is 287 Å². The van der Waals surface area contributed by atoms with Crippen LogP contribution in [-0.2, 0) is 4.79 Å². The Morgan fingerprint density at radius 2 is 0.592 bits per heavy atom. The van der Waals surface area contributed by atoms with Crippen LogP contribution in [0.2, 0.25) is 0 Å². The number of aliphatic hydroxyl groups excluding tert-OH is 4. The summed E-state index contributed by atoms with van der Waals surface area (Å²) in [5.74, 6) is -0.596. The molecule has 0 aliphatic rings. The van der Waals surface area contributed by atoms with Crippen LogP contribution in [0.4, 0.5) is 0 Å². The van der Waals surface area contributed by atoms with Gasteiger partial charge in [0.25, 0.3) is 0 Å². The van der Waals surface area contributed by atoms with Gasteiger partial charge in [-0.05, 0) is 89.9 Å². The first-order valence-corrected chi connectivity index (χ1v) is 31.5. The molecule has 0 saturated heterocycles. The van der Waals surface area contributed by atoms with Gasteiger partial charge in [0.15, 0.2) is 0 Å². The van der Waals surface area contributed by atoms with Gasteiger partial charge in [-0.15, -0.1) is 0 Å². The number of allylic oxidation sites excluding steroid dienone is 8. The normalized spacial score (nSPS) is 13.9. The van der Waals surface area contributed by atoms with Crippen LogP contribution >= 0.6 is 0 Å². The molecule has 0 fully saturated rings. The quantitative estimate of drug-likeness (QED) is 0.0308. The first-order chi connectivity index (χ1) is 35.0. The maximum absolute atomic E-state index is 12.6. The van der Waals surface area contributed by atoms with Gasteiger partial charge >= 0.3 is 0 Å². The summed E-state index contributed by atoms with van der Waals surface area (Å²) in [6, 6.07) is -1.01. The summed E-state index contributed by atoms with van der Waals surface area (Å²) in [6.07, 6.45) is 76.3. The molecular weight excluding hydrogens is 875 g/mol. The van der Waals surface area contributed by atoms with Crippen molar-refractivity contribution in [3.63, 3.8) is 0 Å². The summed E-state index contributed by atoms with van der Waals surface area (Å²) in [5.41, 5.74) is 0. The minimum absolute atomic E-state index is 0.359. The van der Waals surface area contributed by atoms with Gasteiger partial charge in [0, 0.05) is 0 Å². The molecule has 0 rings (SSSR count). The highest BCUT2D eigenvalue weighted by Crippen LogP contribution is 2.18. The molecule has 4 unspecified atom stereocenters. The Kier molecular flexibility index (Phi) is 57.7. The number of amides is 1. The number of carbonyl (C=O) groups excluding carboxylic acids is 1. The summed E-state index contributed by atoms with van der Waals surface area (Å²) in [4.78, 5) is 12.6. The highest BCUT2D eigenvalue weighted by atomic mass is 16.3. The van der Waals surface area contributed by atoms with E-state index in [4.69, 9.17) is 0 Å². The molecule has 6 heteroatoms. The summed E-state index contributed by atoms with van der Waals surface area (Å²) >= 11 is 0. The SMILES string of the molecule is CCCCCCCCCCCCCC/C=C\CCCCCCCCCCCCCCCC(O)C(=O)NC(CO)C(O)C(O)CCC/C=C/CC/C=C/CC/C=C/CCCCCCCCCCCCCCC. The number of rotatable bonds is 58. The summed E-state index contributed by atoms with van der Waals surface area (Å²) in [5, 5.41) is 44.1. The van der Waals surface area contributed by atoms with Crippen molar-refractivity contribution < 1.29 is 25.2 Å². The third-order valence-electron chi connectivity index (χ3n) is 14.7. The lowest BCUT2D eigenvalue weighted by molar-refractivity contribution is -0.132. The molecule has 5 N–H and O–H groups in total. The number of unbranched alkanes of at least 4 members (excludes halogenated alkanes) is 41. The van der Waals surface area contributed by atoms with E-state index in [1.807, 2.05) is 0 Å². The van der Waals surface area contributed by atoms with Crippen molar-refractivity contribution in [1.29, 1.82) is 0 Å². The van der Waals surface area contributed by atoms with Gasteiger partial charge in [0.1, 0.15) is 12.2 Å². The van der Waals surface area contributed by atoms with Gasteiger partial charge in [-0.25, -0.2) is 0 Å². The molecule has 418 valence electrons. The minimum Gasteiger partial charge on any atom is -0.394 e. The Morgan fingerprint density at radius 3 is 0.887 bits per heavy atom. The molecule has 0 aromatic heterocycles. The smallest absolute Gasteiger partial charge is 0.249 e. The van der Waals surface area contributed by atoms with E-state index in [-0.39, 0.29) is 0 Å². The van der Waals surface area contributed by atoms with E-state index in [1.165, 1.54) is 244 Å². The van der Waals surface area contributed by atoms with Crippen LogP contribution < -0.4 is 5.32 Å². The fourth-order valence-corrected chi connectivity index (χ4v) is 9.79. The van der Waals surface area contributed by atoms with E-state index >= 15 is 0 Å². The molecule has 1 amide bonds. The zero-order valence-corrected chi connectivity index (χ0v) is 47.5. The van der Waals surface area contributed by atoms with E-state index < -0.39 is 36.9 Å². The molecule has 4 atom stereocenters. The number of aliphatic hydroxyl groups is 4. The van der Waals surface area contributed by atoms with Crippen LogP contribution in [0.1, 0.15) is 328 Å². The molecule has 0 bridgehead atoms. The minimum atomic E-state index is -1.30. The molecule has 0 aliphatic heterocycles. The van der Waals surface area contributed by atoms with Crippen molar-refractivity contribution in [2.24, 2.45) is 0 Å². The second-order valence-electron chi connectivity index (χ2n) is 21.7. The van der Waals surface area contributed by atoms with Crippen molar-refractivity contribution in [3.05, 3.63) is 48.6 Å². The Balaban J connectivity index is 3.66. The maximum Gasteiger partial charge on any atom is 0.249 e. The lowest BCUT2D eigenvalue weighted by Crippen LogP contribution is -2.53. The standard InChI is InChI=1S/C65H123NO5/c1-3-5-7-9-11-13-15-17-19-21-23-25-27-29-31-32-33-35-37-39-41-43-45-47-49-51-53-55-57-59-63(69)65(71)66-61(60-67)64(70)62(68)58-56-54-52-50-48-46-44-42-40-38-36-34-30-28-26-24-22-20-18-16-14-12-10-8-6-4-2/h29,31,34,36,42,44,50,52,61-64,67-70H,3-28,30,32-33,35,37-41,43,45-49,51,53-60H2,1-2H3,(H,66,71)/b31-29-,36-34+,44-42+,52-50+. The third-order valence-corrected chi connectivity index (χ3v) is 14.7. The van der Waals surface area contributed by atoms with E-state index in [1.54, 1.807) is 0 Å². The fourth-order valence-electron chi connectivity index (χ4n) is 9.79. The lowest BCUT2D eigenvalue weighted by Gasteiger charge is -2.27. The number of hydrogen-bond acceptors (Lipinski definition) is 5. The van der Waals surface area contributed by atoms with E-state index in [2.05, 4.69) is 67.8 Å². The Bertz CT molecular complexity index is 1170. The van der Waals surface area contributed by atoms with Crippen LogP contribution in [0.3, 0.4) is 0 Å². The lowest BCUT2D eigenvalue weighted by atomic mass is 10.00. The van der Waals surface area contributed by atoms with Gasteiger partial charge in [-0.3, -0.25) is 4.79 Å². The number of carbonyl (C=O) groups is 1. The van der Waals surface area contributed by atoms with Crippen LogP contribution in [0.15, 0.2) is 48.6 Å². The molecule has 0 aliphatic carbocycles. The van der Waals surface area contributed by atoms with Crippen molar-refractivity contribution in [3.8, 4) is 0 Å². The van der Waals surface area contributed by atoms with E-state index in [9.17, 15) is 25.2 Å².